The molecule has 0 fully saturated rings. The van der Waals surface area contributed by atoms with E-state index >= 15 is 0 Å². The number of anilines is 2. The maximum Gasteiger partial charge on any atom is 0.229 e. The van der Waals surface area contributed by atoms with Gasteiger partial charge < -0.3 is 15.7 Å². The van der Waals surface area contributed by atoms with E-state index in [2.05, 4.69) is 10.6 Å². The highest BCUT2D eigenvalue weighted by Crippen LogP contribution is 2.28. The minimum Gasteiger partial charge on any atom is -0.508 e. The van der Waals surface area contributed by atoms with Crippen LogP contribution in [0.2, 0.25) is 0 Å². The molecule has 0 radical (unpaired) electrons. The van der Waals surface area contributed by atoms with Crippen molar-refractivity contribution >= 4 is 17.3 Å². The average molecular weight is 192 g/mol. The van der Waals surface area contributed by atoms with Gasteiger partial charge >= 0.3 is 0 Å². The zero-order valence-electron chi connectivity index (χ0n) is 7.87. The summed E-state index contributed by atoms with van der Waals surface area (Å²) in [6.45, 7) is 2.47. The van der Waals surface area contributed by atoms with Crippen molar-refractivity contribution in [2.24, 2.45) is 5.92 Å². The van der Waals surface area contributed by atoms with Gasteiger partial charge in [-0.15, -0.1) is 0 Å². The predicted octanol–water partition coefficient (Wildman–Crippen LogP) is 1.39. The minimum absolute atomic E-state index is 0.0261. The van der Waals surface area contributed by atoms with Crippen molar-refractivity contribution in [3.8, 4) is 5.75 Å². The van der Waals surface area contributed by atoms with Crippen LogP contribution in [0.25, 0.3) is 0 Å². The molecule has 1 aliphatic heterocycles. The summed E-state index contributed by atoms with van der Waals surface area (Å²) < 4.78 is 0. The topological polar surface area (TPSA) is 61.4 Å². The number of phenols is 1. The van der Waals surface area contributed by atoms with Crippen LogP contribution in [0.3, 0.4) is 0 Å². The molecule has 1 aliphatic rings. The third-order valence-corrected chi connectivity index (χ3v) is 2.31. The van der Waals surface area contributed by atoms with Crippen molar-refractivity contribution < 1.29 is 9.90 Å². The van der Waals surface area contributed by atoms with E-state index in [1.165, 1.54) is 6.07 Å². The molecule has 4 nitrogen and oxygen atoms in total. The predicted molar refractivity (Wildman–Crippen MR) is 54.4 cm³/mol. The van der Waals surface area contributed by atoms with Crippen molar-refractivity contribution in [2.45, 2.75) is 6.92 Å². The summed E-state index contributed by atoms with van der Waals surface area (Å²) in [6, 6.07) is 4.88. The summed E-state index contributed by atoms with van der Waals surface area (Å²) >= 11 is 0. The monoisotopic (exact) mass is 192 g/mol. The van der Waals surface area contributed by atoms with Crippen LogP contribution >= 0.6 is 0 Å². The Bertz CT molecular complexity index is 376. The van der Waals surface area contributed by atoms with Gasteiger partial charge in [0.1, 0.15) is 5.75 Å². The summed E-state index contributed by atoms with van der Waals surface area (Å²) in [4.78, 5) is 11.5. The molecule has 74 valence electrons. The zero-order valence-corrected chi connectivity index (χ0v) is 7.87. The van der Waals surface area contributed by atoms with Gasteiger partial charge in [-0.2, -0.15) is 0 Å². The lowest BCUT2D eigenvalue weighted by atomic mass is 10.2. The molecule has 1 aromatic carbocycles. The molecule has 3 N–H and O–H groups in total. The maximum atomic E-state index is 11.5. The van der Waals surface area contributed by atoms with Gasteiger partial charge in [-0.25, -0.2) is 0 Å². The van der Waals surface area contributed by atoms with Gasteiger partial charge in [-0.3, -0.25) is 4.79 Å². The maximum absolute atomic E-state index is 11.5. The van der Waals surface area contributed by atoms with Crippen molar-refractivity contribution in [3.63, 3.8) is 0 Å². The quantitative estimate of drug-likeness (QED) is 0.544. The highest BCUT2D eigenvalue weighted by Gasteiger charge is 2.18. The van der Waals surface area contributed by atoms with E-state index in [1.54, 1.807) is 12.1 Å². The van der Waals surface area contributed by atoms with Crippen LogP contribution in [0.4, 0.5) is 11.4 Å². The SMILES string of the molecule is CC1CNc2ccc(O)cc2NC1=O. The molecule has 0 spiro atoms. The number of amides is 1. The fraction of sp³-hybridized carbons (Fsp3) is 0.300. The molecule has 2 rings (SSSR count). The number of hydrogen-bond donors (Lipinski definition) is 3. The number of nitrogens with one attached hydrogen (secondary N) is 2. The first-order valence-electron chi connectivity index (χ1n) is 4.54. The highest BCUT2D eigenvalue weighted by molar-refractivity contribution is 5.97. The fourth-order valence-corrected chi connectivity index (χ4v) is 1.40. The van der Waals surface area contributed by atoms with Gasteiger partial charge in [0.2, 0.25) is 5.91 Å². The average Bonchev–Trinajstić information content (AvgIpc) is 2.27. The third-order valence-electron chi connectivity index (χ3n) is 2.31. The molecule has 1 unspecified atom stereocenters. The number of benzene rings is 1. The molecule has 0 aromatic heterocycles. The van der Waals surface area contributed by atoms with Crippen LogP contribution in [0.5, 0.6) is 5.75 Å². The summed E-state index contributed by atoms with van der Waals surface area (Å²) in [7, 11) is 0. The minimum atomic E-state index is -0.0652. The van der Waals surface area contributed by atoms with Gasteiger partial charge in [0.15, 0.2) is 0 Å². The zero-order chi connectivity index (χ0) is 10.1. The van der Waals surface area contributed by atoms with Crippen LogP contribution in [0, 0.1) is 5.92 Å². The Morgan fingerprint density at radius 2 is 2.21 bits per heavy atom. The molecule has 14 heavy (non-hydrogen) atoms. The first-order valence-corrected chi connectivity index (χ1v) is 4.54. The molecule has 1 atom stereocenters. The van der Waals surface area contributed by atoms with Crippen LogP contribution in [-0.4, -0.2) is 17.6 Å². The number of aromatic hydroxyl groups is 1. The highest BCUT2D eigenvalue weighted by atomic mass is 16.3. The number of fused-ring (bicyclic) bond motifs is 1. The number of carbonyl (C=O) groups is 1. The molecule has 0 saturated heterocycles. The van der Waals surface area contributed by atoms with Crippen molar-refractivity contribution in [1.82, 2.24) is 0 Å². The molecule has 0 bridgehead atoms. The Morgan fingerprint density at radius 3 is 3.00 bits per heavy atom. The molecule has 1 heterocycles. The molecular formula is C10H12N2O2. The number of rotatable bonds is 0. The van der Waals surface area contributed by atoms with E-state index < -0.39 is 0 Å². The van der Waals surface area contributed by atoms with Gasteiger partial charge in [-0.1, -0.05) is 6.92 Å². The summed E-state index contributed by atoms with van der Waals surface area (Å²) in [5, 5.41) is 15.1. The van der Waals surface area contributed by atoms with Gasteiger partial charge in [0.05, 0.1) is 17.3 Å². The molecule has 1 aromatic rings. The van der Waals surface area contributed by atoms with Crippen LogP contribution in [0.15, 0.2) is 18.2 Å². The molecule has 4 heteroatoms. The van der Waals surface area contributed by atoms with Gasteiger partial charge in [-0.05, 0) is 12.1 Å². The Balaban J connectivity index is 2.38. The van der Waals surface area contributed by atoms with Crippen molar-refractivity contribution in [3.05, 3.63) is 18.2 Å². The van der Waals surface area contributed by atoms with E-state index in [-0.39, 0.29) is 17.6 Å². The van der Waals surface area contributed by atoms with Crippen molar-refractivity contribution in [1.29, 1.82) is 0 Å². The fourth-order valence-electron chi connectivity index (χ4n) is 1.40. The lowest BCUT2D eigenvalue weighted by Gasteiger charge is -2.06. The normalized spacial score (nSPS) is 20.4. The summed E-state index contributed by atoms with van der Waals surface area (Å²) in [5.74, 6) is 0.0618. The van der Waals surface area contributed by atoms with E-state index in [1.807, 2.05) is 6.92 Å². The summed E-state index contributed by atoms with van der Waals surface area (Å²) in [5.41, 5.74) is 1.49. The van der Waals surface area contributed by atoms with Gasteiger partial charge in [0, 0.05) is 12.6 Å². The largest absolute Gasteiger partial charge is 0.508 e. The van der Waals surface area contributed by atoms with Crippen LogP contribution in [-0.2, 0) is 4.79 Å². The standard InChI is InChI=1S/C10H12N2O2/c1-6-5-11-8-3-2-7(13)4-9(8)12-10(6)14/h2-4,6,11,13H,5H2,1H3,(H,12,14). The molecule has 1 amide bonds. The van der Waals surface area contributed by atoms with Crippen LogP contribution < -0.4 is 10.6 Å². The van der Waals surface area contributed by atoms with E-state index in [4.69, 9.17) is 0 Å². The Labute approximate surface area is 81.9 Å². The Hall–Kier alpha value is -1.71. The smallest absolute Gasteiger partial charge is 0.229 e. The first-order chi connectivity index (χ1) is 6.66. The second-order valence-electron chi connectivity index (χ2n) is 3.50. The van der Waals surface area contributed by atoms with Crippen molar-refractivity contribution in [2.75, 3.05) is 17.2 Å². The molecular weight excluding hydrogens is 180 g/mol. The molecule has 0 aliphatic carbocycles. The summed E-state index contributed by atoms with van der Waals surface area (Å²) in [6.07, 6.45) is 0. The van der Waals surface area contributed by atoms with Gasteiger partial charge in [0.25, 0.3) is 0 Å². The molecule has 0 saturated carbocycles. The lowest BCUT2D eigenvalue weighted by Crippen LogP contribution is -2.22. The number of hydrogen-bond acceptors (Lipinski definition) is 3. The van der Waals surface area contributed by atoms with E-state index in [9.17, 15) is 9.90 Å². The third kappa shape index (κ3) is 1.51. The van der Waals surface area contributed by atoms with Crippen LogP contribution in [0.1, 0.15) is 6.92 Å². The first kappa shape index (κ1) is 8.87. The second kappa shape index (κ2) is 3.21. The van der Waals surface area contributed by atoms with E-state index in [0.29, 0.717) is 12.2 Å². The number of carbonyl (C=O) groups excluding carboxylic acids is 1. The second-order valence-corrected chi connectivity index (χ2v) is 3.50. The number of phenolic OH excluding ortho intramolecular Hbond substituents is 1. The van der Waals surface area contributed by atoms with E-state index in [0.717, 1.165) is 5.69 Å². The lowest BCUT2D eigenvalue weighted by molar-refractivity contribution is -0.118. The Morgan fingerprint density at radius 1 is 1.43 bits per heavy atom. The Kier molecular flexibility index (Phi) is 2.04.